The summed E-state index contributed by atoms with van der Waals surface area (Å²) in [5, 5.41) is 1.13. The number of hydrogen-bond acceptors (Lipinski definition) is 2. The van der Waals surface area contributed by atoms with Gasteiger partial charge in [0.1, 0.15) is 12.4 Å². The second kappa shape index (κ2) is 5.44. The second-order valence-electron chi connectivity index (χ2n) is 3.08. The van der Waals surface area contributed by atoms with Crippen molar-refractivity contribution in [3.63, 3.8) is 0 Å². The monoisotopic (exact) mass is 233 g/mol. The average molecular weight is 234 g/mol. The zero-order valence-electron chi connectivity index (χ0n) is 7.97. The van der Waals surface area contributed by atoms with Crippen molar-refractivity contribution in [3.8, 4) is 5.75 Å². The topological polar surface area (TPSA) is 35.2 Å². The highest BCUT2D eigenvalue weighted by molar-refractivity contribution is 6.34. The molecular formula is C10H13Cl2NO. The summed E-state index contributed by atoms with van der Waals surface area (Å²) in [6, 6.07) is 5.15. The molecule has 0 saturated heterocycles. The van der Waals surface area contributed by atoms with Crippen LogP contribution in [0.5, 0.6) is 5.75 Å². The summed E-state index contributed by atoms with van der Waals surface area (Å²) in [5.41, 5.74) is 5.71. The molecule has 2 nitrogen and oxygen atoms in total. The summed E-state index contributed by atoms with van der Waals surface area (Å²) in [5.74, 6) is 0.659. The second-order valence-corrected chi connectivity index (χ2v) is 3.96. The predicted octanol–water partition coefficient (Wildman–Crippen LogP) is 3.11. The van der Waals surface area contributed by atoms with Gasteiger partial charge in [-0.05, 0) is 24.6 Å². The van der Waals surface area contributed by atoms with Crippen molar-refractivity contribution in [2.75, 3.05) is 6.61 Å². The normalized spacial score (nSPS) is 12.6. The lowest BCUT2D eigenvalue weighted by molar-refractivity contribution is 0.285. The Morgan fingerprint density at radius 2 is 1.86 bits per heavy atom. The van der Waals surface area contributed by atoms with E-state index in [1.807, 2.05) is 6.92 Å². The molecule has 0 spiro atoms. The van der Waals surface area contributed by atoms with Crippen LogP contribution in [0.2, 0.25) is 10.0 Å². The first kappa shape index (κ1) is 11.6. The Balaban J connectivity index is 2.58. The number of nitrogens with two attached hydrogens (primary N) is 1. The van der Waals surface area contributed by atoms with E-state index in [2.05, 4.69) is 0 Å². The maximum Gasteiger partial charge on any atom is 0.122 e. The SMILES string of the molecule is CCC(N)COc1cc(Cl)cc(Cl)c1. The van der Waals surface area contributed by atoms with Gasteiger partial charge in [-0.2, -0.15) is 0 Å². The fraction of sp³-hybridized carbons (Fsp3) is 0.400. The number of halogens is 2. The summed E-state index contributed by atoms with van der Waals surface area (Å²) in [6.07, 6.45) is 0.883. The molecule has 1 aromatic carbocycles. The van der Waals surface area contributed by atoms with Gasteiger partial charge >= 0.3 is 0 Å². The molecular weight excluding hydrogens is 221 g/mol. The predicted molar refractivity (Wildman–Crippen MR) is 60.2 cm³/mol. The third kappa shape index (κ3) is 3.74. The van der Waals surface area contributed by atoms with E-state index in [9.17, 15) is 0 Å². The van der Waals surface area contributed by atoms with E-state index in [0.29, 0.717) is 22.4 Å². The van der Waals surface area contributed by atoms with Gasteiger partial charge in [0, 0.05) is 16.1 Å². The molecule has 1 unspecified atom stereocenters. The number of ether oxygens (including phenoxy) is 1. The molecule has 0 aliphatic heterocycles. The van der Waals surface area contributed by atoms with Crippen LogP contribution in [0.15, 0.2) is 18.2 Å². The first-order valence-corrected chi connectivity index (χ1v) is 5.22. The molecule has 0 aliphatic rings. The Morgan fingerprint density at radius 1 is 1.29 bits per heavy atom. The molecule has 0 bridgehead atoms. The standard InChI is InChI=1S/C10H13Cl2NO/c1-2-9(13)6-14-10-4-7(11)3-8(12)5-10/h3-5,9H,2,6,13H2,1H3. The Labute approximate surface area is 94.0 Å². The van der Waals surface area contributed by atoms with Crippen molar-refractivity contribution in [1.29, 1.82) is 0 Å². The van der Waals surface area contributed by atoms with Crippen LogP contribution in [0, 0.1) is 0 Å². The van der Waals surface area contributed by atoms with Gasteiger partial charge in [-0.15, -0.1) is 0 Å². The van der Waals surface area contributed by atoms with E-state index in [0.717, 1.165) is 6.42 Å². The highest BCUT2D eigenvalue weighted by atomic mass is 35.5. The van der Waals surface area contributed by atoms with Gasteiger partial charge in [-0.1, -0.05) is 30.1 Å². The molecule has 78 valence electrons. The highest BCUT2D eigenvalue weighted by Crippen LogP contribution is 2.24. The van der Waals surface area contributed by atoms with Crippen molar-refractivity contribution < 1.29 is 4.74 Å². The lowest BCUT2D eigenvalue weighted by Crippen LogP contribution is -2.26. The van der Waals surface area contributed by atoms with Gasteiger partial charge < -0.3 is 10.5 Å². The Bertz CT molecular complexity index is 284. The van der Waals surface area contributed by atoms with Crippen molar-refractivity contribution in [1.82, 2.24) is 0 Å². The van der Waals surface area contributed by atoms with Crippen LogP contribution in [-0.4, -0.2) is 12.6 Å². The minimum absolute atomic E-state index is 0.0488. The Morgan fingerprint density at radius 3 is 2.36 bits per heavy atom. The molecule has 14 heavy (non-hydrogen) atoms. The van der Waals surface area contributed by atoms with Gasteiger partial charge in [0.15, 0.2) is 0 Å². The molecule has 1 atom stereocenters. The molecule has 0 heterocycles. The van der Waals surface area contributed by atoms with Crippen LogP contribution in [-0.2, 0) is 0 Å². The van der Waals surface area contributed by atoms with E-state index in [4.69, 9.17) is 33.7 Å². The summed E-state index contributed by atoms with van der Waals surface area (Å²) in [7, 11) is 0. The number of benzene rings is 1. The minimum Gasteiger partial charge on any atom is -0.492 e. The smallest absolute Gasteiger partial charge is 0.122 e. The van der Waals surface area contributed by atoms with Crippen LogP contribution in [0.25, 0.3) is 0 Å². The van der Waals surface area contributed by atoms with E-state index >= 15 is 0 Å². The molecule has 0 fully saturated rings. The van der Waals surface area contributed by atoms with E-state index in [1.165, 1.54) is 0 Å². The third-order valence-electron chi connectivity index (χ3n) is 1.82. The molecule has 1 aromatic rings. The molecule has 0 aliphatic carbocycles. The molecule has 4 heteroatoms. The zero-order chi connectivity index (χ0) is 10.6. The van der Waals surface area contributed by atoms with Crippen molar-refractivity contribution in [2.24, 2.45) is 5.73 Å². The summed E-state index contributed by atoms with van der Waals surface area (Å²) < 4.78 is 5.43. The summed E-state index contributed by atoms with van der Waals surface area (Å²) >= 11 is 11.6. The van der Waals surface area contributed by atoms with Crippen molar-refractivity contribution in [3.05, 3.63) is 28.2 Å². The molecule has 0 radical (unpaired) electrons. The molecule has 0 aromatic heterocycles. The third-order valence-corrected chi connectivity index (χ3v) is 2.26. The Kier molecular flexibility index (Phi) is 4.52. The Hall–Kier alpha value is -0.440. The van der Waals surface area contributed by atoms with Crippen LogP contribution in [0.3, 0.4) is 0 Å². The summed E-state index contributed by atoms with van der Waals surface area (Å²) in [6.45, 7) is 2.49. The fourth-order valence-corrected chi connectivity index (χ4v) is 1.44. The van der Waals surface area contributed by atoms with E-state index in [-0.39, 0.29) is 6.04 Å². The maximum atomic E-state index is 5.80. The number of hydrogen-bond donors (Lipinski definition) is 1. The summed E-state index contributed by atoms with van der Waals surface area (Å²) in [4.78, 5) is 0. The van der Waals surface area contributed by atoms with Crippen molar-refractivity contribution in [2.45, 2.75) is 19.4 Å². The fourth-order valence-electron chi connectivity index (χ4n) is 0.933. The van der Waals surface area contributed by atoms with Gasteiger partial charge in [-0.3, -0.25) is 0 Å². The van der Waals surface area contributed by atoms with Crippen LogP contribution in [0.1, 0.15) is 13.3 Å². The van der Waals surface area contributed by atoms with Gasteiger partial charge in [0.25, 0.3) is 0 Å². The lowest BCUT2D eigenvalue weighted by Gasteiger charge is -2.11. The highest BCUT2D eigenvalue weighted by Gasteiger charge is 2.02. The van der Waals surface area contributed by atoms with E-state index < -0.39 is 0 Å². The quantitative estimate of drug-likeness (QED) is 0.868. The first-order chi connectivity index (χ1) is 6.61. The molecule has 0 saturated carbocycles. The first-order valence-electron chi connectivity index (χ1n) is 4.46. The van der Waals surface area contributed by atoms with Crippen LogP contribution >= 0.6 is 23.2 Å². The zero-order valence-corrected chi connectivity index (χ0v) is 9.48. The minimum atomic E-state index is 0.0488. The molecule has 2 N–H and O–H groups in total. The maximum absolute atomic E-state index is 5.80. The molecule has 1 rings (SSSR count). The van der Waals surface area contributed by atoms with Crippen LogP contribution in [0.4, 0.5) is 0 Å². The average Bonchev–Trinajstić information content (AvgIpc) is 2.12. The largest absolute Gasteiger partial charge is 0.492 e. The van der Waals surface area contributed by atoms with Crippen LogP contribution < -0.4 is 10.5 Å². The van der Waals surface area contributed by atoms with Gasteiger partial charge in [-0.25, -0.2) is 0 Å². The lowest BCUT2D eigenvalue weighted by atomic mass is 10.2. The van der Waals surface area contributed by atoms with Gasteiger partial charge in [0.05, 0.1) is 0 Å². The van der Waals surface area contributed by atoms with Crippen molar-refractivity contribution >= 4 is 23.2 Å². The van der Waals surface area contributed by atoms with E-state index in [1.54, 1.807) is 18.2 Å². The molecule has 0 amide bonds. The number of rotatable bonds is 4. The van der Waals surface area contributed by atoms with Gasteiger partial charge in [0.2, 0.25) is 0 Å².